The third-order valence-corrected chi connectivity index (χ3v) is 5.43. The molecule has 11 heteroatoms. The minimum absolute atomic E-state index is 0.0908. The molecule has 0 fully saturated rings. The predicted octanol–water partition coefficient (Wildman–Crippen LogP) is 3.31. The normalized spacial score (nSPS) is 10.4. The summed E-state index contributed by atoms with van der Waals surface area (Å²) in [5.74, 6) is -0.271. The Morgan fingerprint density at radius 3 is 2.48 bits per heavy atom. The van der Waals surface area contributed by atoms with Crippen LogP contribution in [0.1, 0.15) is 9.67 Å². The molecule has 9 nitrogen and oxygen atoms in total. The average Bonchev–Trinajstić information content (AvgIpc) is 3.06. The second-order valence-corrected chi connectivity index (χ2v) is 7.08. The predicted molar refractivity (Wildman–Crippen MR) is 108 cm³/mol. The topological polar surface area (TPSA) is 120 Å². The number of hydrogen-bond donors (Lipinski definition) is 2. The van der Waals surface area contributed by atoms with Crippen LogP contribution in [0.3, 0.4) is 0 Å². The lowest BCUT2D eigenvalue weighted by atomic mass is 10.2. The van der Waals surface area contributed by atoms with Gasteiger partial charge in [-0.1, -0.05) is 11.6 Å². The van der Waals surface area contributed by atoms with E-state index in [0.717, 1.165) is 4.70 Å². The van der Waals surface area contributed by atoms with Crippen LogP contribution in [-0.2, 0) is 4.79 Å². The number of nitro groups is 1. The Morgan fingerprint density at radius 1 is 1.14 bits per heavy atom. The Hall–Kier alpha value is -3.37. The number of thiophene rings is 1. The van der Waals surface area contributed by atoms with Gasteiger partial charge in [0.05, 0.1) is 17.1 Å². The van der Waals surface area contributed by atoms with Crippen molar-refractivity contribution in [1.82, 2.24) is 10.9 Å². The monoisotopic (exact) mass is 435 g/mol. The molecule has 3 rings (SSSR count). The molecule has 150 valence electrons. The molecule has 29 heavy (non-hydrogen) atoms. The maximum Gasteiger partial charge on any atom is 0.281 e. The molecule has 0 bridgehead atoms. The number of ether oxygens (including phenoxy) is 2. The van der Waals surface area contributed by atoms with E-state index in [4.69, 9.17) is 21.1 Å². The largest absolute Gasteiger partial charge is 0.497 e. The first-order valence-corrected chi connectivity index (χ1v) is 9.31. The number of fused-ring (bicyclic) bond motifs is 1. The SMILES string of the molecule is COc1ccc2c(Cl)c(C(=O)NNC(=O)COc3ccc([N+](=O)[O-])cc3)sc2c1. The van der Waals surface area contributed by atoms with E-state index >= 15 is 0 Å². The number of nitro benzene ring substituents is 1. The van der Waals surface area contributed by atoms with Crippen molar-refractivity contribution in [2.75, 3.05) is 13.7 Å². The molecular weight excluding hydrogens is 422 g/mol. The van der Waals surface area contributed by atoms with Crippen LogP contribution >= 0.6 is 22.9 Å². The Bertz CT molecular complexity index is 1080. The maximum absolute atomic E-state index is 12.3. The fraction of sp³-hybridized carbons (Fsp3) is 0.111. The number of amides is 2. The highest BCUT2D eigenvalue weighted by molar-refractivity contribution is 7.21. The molecule has 0 aliphatic carbocycles. The molecule has 0 unspecified atom stereocenters. The maximum atomic E-state index is 12.3. The van der Waals surface area contributed by atoms with E-state index in [0.29, 0.717) is 11.1 Å². The summed E-state index contributed by atoms with van der Waals surface area (Å²) in [6.07, 6.45) is 0. The number of carbonyl (C=O) groups is 2. The Labute approximate surface area is 173 Å². The summed E-state index contributed by atoms with van der Waals surface area (Å²) in [5, 5.41) is 11.6. The van der Waals surface area contributed by atoms with E-state index in [2.05, 4.69) is 10.9 Å². The van der Waals surface area contributed by atoms with Gasteiger partial charge in [0.15, 0.2) is 6.61 Å². The molecule has 0 aliphatic rings. The summed E-state index contributed by atoms with van der Waals surface area (Å²) in [5.41, 5.74) is 4.41. The number of benzene rings is 2. The average molecular weight is 436 g/mol. The molecule has 0 saturated carbocycles. The first kappa shape index (κ1) is 20.4. The van der Waals surface area contributed by atoms with Crippen molar-refractivity contribution in [3.05, 3.63) is 62.5 Å². The number of non-ortho nitro benzene ring substituents is 1. The second-order valence-electron chi connectivity index (χ2n) is 5.65. The van der Waals surface area contributed by atoms with Crippen molar-refractivity contribution in [2.45, 2.75) is 0 Å². The van der Waals surface area contributed by atoms with Gasteiger partial charge in [0.2, 0.25) is 0 Å². The fourth-order valence-corrected chi connectivity index (χ4v) is 3.79. The number of hydrazine groups is 1. The first-order valence-electron chi connectivity index (χ1n) is 8.11. The minimum atomic E-state index is -0.615. The van der Waals surface area contributed by atoms with Gasteiger partial charge < -0.3 is 9.47 Å². The molecule has 2 aromatic carbocycles. The number of hydrogen-bond acceptors (Lipinski definition) is 7. The minimum Gasteiger partial charge on any atom is -0.497 e. The van der Waals surface area contributed by atoms with Crippen molar-refractivity contribution in [1.29, 1.82) is 0 Å². The van der Waals surface area contributed by atoms with E-state index in [1.54, 1.807) is 18.2 Å². The zero-order valence-corrected chi connectivity index (χ0v) is 16.5. The zero-order valence-electron chi connectivity index (χ0n) is 14.9. The molecule has 0 aliphatic heterocycles. The smallest absolute Gasteiger partial charge is 0.281 e. The molecule has 3 aromatic rings. The van der Waals surface area contributed by atoms with E-state index in [9.17, 15) is 19.7 Å². The molecule has 0 saturated heterocycles. The van der Waals surface area contributed by atoms with Crippen molar-refractivity contribution in [2.24, 2.45) is 0 Å². The summed E-state index contributed by atoms with van der Waals surface area (Å²) < 4.78 is 11.1. The molecule has 0 atom stereocenters. The van der Waals surface area contributed by atoms with Crippen LogP contribution in [0, 0.1) is 10.1 Å². The second kappa shape index (κ2) is 8.76. The van der Waals surface area contributed by atoms with Crippen LogP contribution in [0.25, 0.3) is 10.1 Å². The lowest BCUT2D eigenvalue weighted by Gasteiger charge is -2.08. The Morgan fingerprint density at radius 2 is 1.83 bits per heavy atom. The van der Waals surface area contributed by atoms with Gasteiger partial charge in [-0.25, -0.2) is 0 Å². The van der Waals surface area contributed by atoms with Gasteiger partial charge in [-0.3, -0.25) is 30.6 Å². The van der Waals surface area contributed by atoms with Crippen molar-refractivity contribution in [3.8, 4) is 11.5 Å². The first-order chi connectivity index (χ1) is 13.9. The lowest BCUT2D eigenvalue weighted by molar-refractivity contribution is -0.384. The third-order valence-electron chi connectivity index (χ3n) is 3.78. The number of methoxy groups -OCH3 is 1. The van der Waals surface area contributed by atoms with Gasteiger partial charge in [-0.15, -0.1) is 11.3 Å². The highest BCUT2D eigenvalue weighted by atomic mass is 35.5. The van der Waals surface area contributed by atoms with Crippen molar-refractivity contribution in [3.63, 3.8) is 0 Å². The molecule has 0 radical (unpaired) electrons. The molecule has 0 spiro atoms. The van der Waals surface area contributed by atoms with Crippen LogP contribution in [-0.4, -0.2) is 30.5 Å². The molecule has 2 N–H and O–H groups in total. The van der Waals surface area contributed by atoms with E-state index in [-0.39, 0.29) is 21.3 Å². The van der Waals surface area contributed by atoms with Crippen molar-refractivity contribution >= 4 is 50.5 Å². The van der Waals surface area contributed by atoms with E-state index in [1.807, 2.05) is 0 Å². The summed E-state index contributed by atoms with van der Waals surface area (Å²) in [7, 11) is 1.54. The summed E-state index contributed by atoms with van der Waals surface area (Å²) in [4.78, 5) is 34.5. The van der Waals surface area contributed by atoms with Gasteiger partial charge in [0.25, 0.3) is 17.5 Å². The van der Waals surface area contributed by atoms with Crippen molar-refractivity contribution < 1.29 is 24.0 Å². The number of halogens is 1. The van der Waals surface area contributed by atoms with E-state index < -0.39 is 23.3 Å². The number of nitrogens with one attached hydrogen (secondary N) is 2. The van der Waals surface area contributed by atoms with Crippen LogP contribution in [0.15, 0.2) is 42.5 Å². The summed E-state index contributed by atoms with van der Waals surface area (Å²) >= 11 is 7.43. The van der Waals surface area contributed by atoms with Gasteiger partial charge in [0.1, 0.15) is 16.4 Å². The number of rotatable bonds is 6. The van der Waals surface area contributed by atoms with Crippen LogP contribution in [0.5, 0.6) is 11.5 Å². The highest BCUT2D eigenvalue weighted by Gasteiger charge is 2.18. The quantitative estimate of drug-likeness (QED) is 0.452. The third kappa shape index (κ3) is 4.73. The molecule has 1 aromatic heterocycles. The van der Waals surface area contributed by atoms with Gasteiger partial charge >= 0.3 is 0 Å². The zero-order chi connectivity index (χ0) is 21.0. The highest BCUT2D eigenvalue weighted by Crippen LogP contribution is 2.37. The van der Waals surface area contributed by atoms with E-state index in [1.165, 1.54) is 42.7 Å². The van der Waals surface area contributed by atoms with Gasteiger partial charge in [-0.05, 0) is 30.3 Å². The molecular formula is C18H14ClN3O6S. The van der Waals surface area contributed by atoms with Gasteiger partial charge in [0, 0.05) is 22.2 Å². The number of carbonyl (C=O) groups excluding carboxylic acids is 2. The standard InChI is InChI=1S/C18H14ClN3O6S/c1-27-12-6-7-13-14(8-12)29-17(16(13)19)18(24)21-20-15(23)9-28-11-4-2-10(3-5-11)22(25)26/h2-8H,9H2,1H3,(H,20,23)(H,21,24). The van der Waals surface area contributed by atoms with Crippen LogP contribution in [0.2, 0.25) is 5.02 Å². The molecule has 2 amide bonds. The molecule has 1 heterocycles. The van der Waals surface area contributed by atoms with Crippen LogP contribution < -0.4 is 20.3 Å². The summed E-state index contributed by atoms with van der Waals surface area (Å²) in [6.45, 7) is -0.393. The van der Waals surface area contributed by atoms with Crippen LogP contribution in [0.4, 0.5) is 5.69 Å². The number of nitrogens with zero attached hydrogens (tertiary/aromatic N) is 1. The van der Waals surface area contributed by atoms with Gasteiger partial charge in [-0.2, -0.15) is 0 Å². The fourth-order valence-electron chi connectivity index (χ4n) is 2.35. The summed E-state index contributed by atoms with van der Waals surface area (Å²) in [6, 6.07) is 10.5. The Kier molecular flexibility index (Phi) is 6.15. The Balaban J connectivity index is 1.56. The lowest BCUT2D eigenvalue weighted by Crippen LogP contribution is -2.43.